The maximum absolute atomic E-state index is 13.1. The largest absolute Gasteiger partial charge is 0.357 e. The zero-order chi connectivity index (χ0) is 20.1. The minimum absolute atomic E-state index is 0.239. The number of halogens is 1. The maximum atomic E-state index is 13.1. The molecule has 6 nitrogen and oxygen atoms in total. The summed E-state index contributed by atoms with van der Waals surface area (Å²) in [5, 5.41) is 11.6. The quantitative estimate of drug-likeness (QED) is 0.556. The van der Waals surface area contributed by atoms with Gasteiger partial charge in [-0.15, -0.1) is 0 Å². The topological polar surface area (TPSA) is 57.5 Å². The molecule has 2 fully saturated rings. The summed E-state index contributed by atoms with van der Waals surface area (Å²) < 4.78 is 14.9. The monoisotopic (exact) mass is 398 g/mol. The van der Waals surface area contributed by atoms with E-state index in [1.165, 1.54) is 50.9 Å². The molecular weight excluding hydrogens is 367 g/mol. The number of aromatic nitrogens is 2. The Morgan fingerprint density at radius 1 is 1.14 bits per heavy atom. The summed E-state index contributed by atoms with van der Waals surface area (Å²) >= 11 is 0. The number of piperidine rings is 1. The molecule has 2 aromatic rings. The van der Waals surface area contributed by atoms with Crippen LogP contribution in [0.1, 0.15) is 38.3 Å². The lowest BCUT2D eigenvalue weighted by Crippen LogP contribution is -2.49. The first kappa shape index (κ1) is 19.9. The Hall–Kier alpha value is -2.41. The van der Waals surface area contributed by atoms with E-state index in [1.807, 2.05) is 12.3 Å². The van der Waals surface area contributed by atoms with Gasteiger partial charge in [-0.1, -0.05) is 0 Å². The van der Waals surface area contributed by atoms with Crippen LogP contribution in [0.3, 0.4) is 0 Å². The van der Waals surface area contributed by atoms with Crippen molar-refractivity contribution in [3.63, 3.8) is 0 Å². The first-order chi connectivity index (χ1) is 14.2. The number of hydrogen-bond donors (Lipinski definition) is 2. The molecule has 1 aromatic heterocycles. The number of guanidine groups is 1. The first-order valence-electron chi connectivity index (χ1n) is 10.8. The molecule has 0 bridgehead atoms. The third-order valence-electron chi connectivity index (χ3n) is 5.65. The van der Waals surface area contributed by atoms with E-state index in [9.17, 15) is 4.39 Å². The Bertz CT molecular complexity index is 803. The van der Waals surface area contributed by atoms with E-state index in [4.69, 9.17) is 4.99 Å². The third kappa shape index (κ3) is 5.56. The van der Waals surface area contributed by atoms with Crippen molar-refractivity contribution >= 4 is 5.96 Å². The molecule has 4 rings (SSSR count). The Kier molecular flexibility index (Phi) is 6.44. The Balaban J connectivity index is 1.27. The van der Waals surface area contributed by atoms with Crippen molar-refractivity contribution in [1.82, 2.24) is 25.3 Å². The van der Waals surface area contributed by atoms with Gasteiger partial charge in [-0.2, -0.15) is 5.10 Å². The predicted octanol–water partition coefficient (Wildman–Crippen LogP) is 2.74. The lowest BCUT2D eigenvalue weighted by atomic mass is 10.1. The zero-order valence-corrected chi connectivity index (χ0v) is 17.1. The minimum atomic E-state index is -0.239. The van der Waals surface area contributed by atoms with E-state index >= 15 is 0 Å². The van der Waals surface area contributed by atoms with Crippen LogP contribution in [0.4, 0.5) is 4.39 Å². The van der Waals surface area contributed by atoms with Crippen molar-refractivity contribution in [1.29, 1.82) is 0 Å². The van der Waals surface area contributed by atoms with Crippen LogP contribution in [0.5, 0.6) is 0 Å². The molecule has 0 atom stereocenters. The second-order valence-corrected chi connectivity index (χ2v) is 7.92. The Labute approximate surface area is 172 Å². The molecule has 0 amide bonds. The van der Waals surface area contributed by atoms with Gasteiger partial charge in [-0.3, -0.25) is 4.99 Å². The van der Waals surface area contributed by atoms with Crippen molar-refractivity contribution in [2.24, 2.45) is 4.99 Å². The SMILES string of the molecule is CCNC(=NCCc1ccn(-c2ccc(F)cc2)n1)NC1CCN(C2CC2)CC1. The molecule has 0 radical (unpaired) electrons. The number of nitrogens with zero attached hydrogens (tertiary/aromatic N) is 4. The van der Waals surface area contributed by atoms with Gasteiger partial charge in [0, 0.05) is 50.9 Å². The van der Waals surface area contributed by atoms with Crippen molar-refractivity contribution in [3.8, 4) is 5.69 Å². The molecular formula is C22H31FN6. The highest BCUT2D eigenvalue weighted by molar-refractivity contribution is 5.80. The lowest BCUT2D eigenvalue weighted by molar-refractivity contribution is 0.197. The number of nitrogens with one attached hydrogen (secondary N) is 2. The number of benzene rings is 1. The average molecular weight is 399 g/mol. The molecule has 1 saturated heterocycles. The molecule has 1 aliphatic heterocycles. The molecule has 1 aliphatic carbocycles. The van der Waals surface area contributed by atoms with Crippen molar-refractivity contribution < 1.29 is 4.39 Å². The summed E-state index contributed by atoms with van der Waals surface area (Å²) in [4.78, 5) is 7.38. The van der Waals surface area contributed by atoms with Crippen LogP contribution in [0, 0.1) is 5.82 Å². The van der Waals surface area contributed by atoms with Crippen LogP contribution < -0.4 is 10.6 Å². The van der Waals surface area contributed by atoms with E-state index in [1.54, 1.807) is 16.8 Å². The number of aliphatic imine (C=N–C) groups is 1. The lowest BCUT2D eigenvalue weighted by Gasteiger charge is -2.33. The van der Waals surface area contributed by atoms with E-state index in [-0.39, 0.29) is 5.82 Å². The Morgan fingerprint density at radius 3 is 2.59 bits per heavy atom. The van der Waals surface area contributed by atoms with Gasteiger partial charge in [0.1, 0.15) is 5.82 Å². The summed E-state index contributed by atoms with van der Waals surface area (Å²) in [6.45, 7) is 6.02. The molecule has 1 saturated carbocycles. The predicted molar refractivity (Wildman–Crippen MR) is 114 cm³/mol. The standard InChI is InChI=1S/C22H31FN6/c1-2-24-22(26-18-10-14-28(15-11-18)20-7-8-20)25-13-9-19-12-16-29(27-19)21-5-3-17(23)4-6-21/h3-6,12,16,18,20H,2,7-11,13-15H2,1H3,(H2,24,25,26). The van der Waals surface area contributed by atoms with E-state index in [2.05, 4.69) is 27.6 Å². The van der Waals surface area contributed by atoms with Crippen molar-refractivity contribution in [2.45, 2.75) is 51.1 Å². The molecule has 0 spiro atoms. The summed E-state index contributed by atoms with van der Waals surface area (Å²) in [6, 6.07) is 9.72. The molecule has 156 valence electrons. The molecule has 2 heterocycles. The van der Waals surface area contributed by atoms with Gasteiger partial charge in [0.25, 0.3) is 0 Å². The molecule has 7 heteroatoms. The molecule has 29 heavy (non-hydrogen) atoms. The summed E-state index contributed by atoms with van der Waals surface area (Å²) in [5.41, 5.74) is 1.83. The summed E-state index contributed by atoms with van der Waals surface area (Å²) in [7, 11) is 0. The van der Waals surface area contributed by atoms with E-state index in [0.29, 0.717) is 12.6 Å². The summed E-state index contributed by atoms with van der Waals surface area (Å²) in [5.74, 6) is 0.660. The van der Waals surface area contributed by atoms with Gasteiger partial charge < -0.3 is 15.5 Å². The highest BCUT2D eigenvalue weighted by Crippen LogP contribution is 2.29. The van der Waals surface area contributed by atoms with Crippen LogP contribution in [0.2, 0.25) is 0 Å². The number of rotatable bonds is 7. The molecule has 2 N–H and O–H groups in total. The normalized spacial score (nSPS) is 18.8. The fourth-order valence-corrected chi connectivity index (χ4v) is 3.88. The van der Waals surface area contributed by atoms with E-state index < -0.39 is 0 Å². The smallest absolute Gasteiger partial charge is 0.191 e. The van der Waals surface area contributed by atoms with Crippen molar-refractivity contribution in [3.05, 3.63) is 48.0 Å². The molecule has 2 aliphatic rings. The first-order valence-corrected chi connectivity index (χ1v) is 10.8. The fraction of sp³-hybridized carbons (Fsp3) is 0.545. The van der Waals surface area contributed by atoms with Crippen molar-refractivity contribution in [2.75, 3.05) is 26.2 Å². The van der Waals surface area contributed by atoms with Crippen LogP contribution in [0.25, 0.3) is 5.69 Å². The van der Waals surface area contributed by atoms with E-state index in [0.717, 1.165) is 36.3 Å². The highest BCUT2D eigenvalue weighted by Gasteiger charge is 2.31. The van der Waals surface area contributed by atoms with Crippen LogP contribution >= 0.6 is 0 Å². The van der Waals surface area contributed by atoms with Gasteiger partial charge in [-0.05, 0) is 62.9 Å². The molecule has 0 unspecified atom stereocenters. The number of hydrogen-bond acceptors (Lipinski definition) is 3. The average Bonchev–Trinajstić information content (AvgIpc) is 3.48. The van der Waals surface area contributed by atoms with Crippen LogP contribution in [-0.2, 0) is 6.42 Å². The van der Waals surface area contributed by atoms with Gasteiger partial charge in [0.2, 0.25) is 0 Å². The number of likely N-dealkylation sites (tertiary alicyclic amines) is 1. The van der Waals surface area contributed by atoms with Gasteiger partial charge in [-0.25, -0.2) is 9.07 Å². The zero-order valence-electron chi connectivity index (χ0n) is 17.1. The fourth-order valence-electron chi connectivity index (χ4n) is 3.88. The van der Waals surface area contributed by atoms with Crippen LogP contribution in [0.15, 0.2) is 41.5 Å². The van der Waals surface area contributed by atoms with Crippen LogP contribution in [-0.4, -0.2) is 58.9 Å². The van der Waals surface area contributed by atoms with Gasteiger partial charge in [0.15, 0.2) is 5.96 Å². The Morgan fingerprint density at radius 2 is 1.90 bits per heavy atom. The van der Waals surface area contributed by atoms with Gasteiger partial charge >= 0.3 is 0 Å². The maximum Gasteiger partial charge on any atom is 0.191 e. The molecule has 1 aromatic carbocycles. The second kappa shape index (κ2) is 9.39. The minimum Gasteiger partial charge on any atom is -0.357 e. The summed E-state index contributed by atoms with van der Waals surface area (Å²) in [6.07, 6.45) is 7.82. The van der Waals surface area contributed by atoms with Gasteiger partial charge in [0.05, 0.1) is 11.4 Å². The second-order valence-electron chi connectivity index (χ2n) is 7.92. The highest BCUT2D eigenvalue weighted by atomic mass is 19.1. The third-order valence-corrected chi connectivity index (χ3v) is 5.65.